The molecule has 1 aromatic rings. The van der Waals surface area contributed by atoms with Crippen LogP contribution >= 0.6 is 0 Å². The van der Waals surface area contributed by atoms with Crippen molar-refractivity contribution in [2.45, 2.75) is 13.8 Å². The molecule has 0 saturated carbocycles. The Balaban J connectivity index is 2.47. The van der Waals surface area contributed by atoms with Gasteiger partial charge >= 0.3 is 12.1 Å². The number of nitrogens with zero attached hydrogens (tertiary/aromatic N) is 1. The number of ether oxygens (including phenoxy) is 1. The van der Waals surface area contributed by atoms with E-state index in [4.69, 9.17) is 4.74 Å². The van der Waals surface area contributed by atoms with Crippen molar-refractivity contribution in [3.05, 3.63) is 54.2 Å². The first-order valence-corrected chi connectivity index (χ1v) is 6.94. The molecule has 1 aliphatic rings. The van der Waals surface area contributed by atoms with E-state index in [-0.39, 0.29) is 5.92 Å². The number of aliphatic carboxylic acids is 1. The zero-order chi connectivity index (χ0) is 16.3. The van der Waals surface area contributed by atoms with Crippen molar-refractivity contribution in [1.82, 2.24) is 4.90 Å². The third-order valence-electron chi connectivity index (χ3n) is 3.86. The molecule has 1 aromatic carbocycles. The molecule has 0 spiro atoms. The second-order valence-electron chi connectivity index (χ2n) is 5.65. The summed E-state index contributed by atoms with van der Waals surface area (Å²) in [5, 5.41) is 9.40. The lowest BCUT2D eigenvalue weighted by molar-refractivity contribution is -0.148. The average molecular weight is 301 g/mol. The number of carboxylic acids is 1. The minimum absolute atomic E-state index is 0.332. The Kier molecular flexibility index (Phi) is 4.35. The predicted molar refractivity (Wildman–Crippen MR) is 82.7 cm³/mol. The predicted octanol–water partition coefficient (Wildman–Crippen LogP) is 3.35. The smallest absolute Gasteiger partial charge is 0.418 e. The first kappa shape index (κ1) is 15.8. The van der Waals surface area contributed by atoms with Crippen LogP contribution in [0.2, 0.25) is 0 Å². The SMILES string of the molecule is COC(=O)N1C=CC(C(C)(C)C(=O)O)C=C1c1ccccc1. The van der Waals surface area contributed by atoms with E-state index in [2.05, 4.69) is 0 Å². The normalized spacial score (nSPS) is 17.9. The van der Waals surface area contributed by atoms with Gasteiger partial charge in [-0.3, -0.25) is 9.69 Å². The van der Waals surface area contributed by atoms with E-state index in [0.717, 1.165) is 5.56 Å². The van der Waals surface area contributed by atoms with Crippen molar-refractivity contribution in [3.63, 3.8) is 0 Å². The largest absolute Gasteiger partial charge is 0.481 e. The molecule has 0 bridgehead atoms. The van der Waals surface area contributed by atoms with Gasteiger partial charge < -0.3 is 9.84 Å². The number of carboxylic acid groups (broad SMARTS) is 1. The number of methoxy groups -OCH3 is 1. The number of hydrogen-bond acceptors (Lipinski definition) is 3. The Labute approximate surface area is 129 Å². The molecule has 1 aliphatic heterocycles. The molecular weight excluding hydrogens is 282 g/mol. The Morgan fingerprint density at radius 2 is 1.86 bits per heavy atom. The number of rotatable bonds is 3. The maximum absolute atomic E-state index is 11.9. The molecule has 1 atom stereocenters. The molecule has 5 heteroatoms. The molecule has 22 heavy (non-hydrogen) atoms. The molecule has 1 N–H and O–H groups in total. The molecular formula is C17H19NO4. The third-order valence-corrected chi connectivity index (χ3v) is 3.86. The van der Waals surface area contributed by atoms with Gasteiger partial charge in [0, 0.05) is 12.1 Å². The lowest BCUT2D eigenvalue weighted by Crippen LogP contribution is -2.35. The Bertz CT molecular complexity index is 631. The van der Waals surface area contributed by atoms with Gasteiger partial charge in [0.1, 0.15) is 0 Å². The first-order chi connectivity index (χ1) is 10.4. The van der Waals surface area contributed by atoms with E-state index in [1.165, 1.54) is 12.0 Å². The molecule has 2 rings (SSSR count). The highest BCUT2D eigenvalue weighted by Crippen LogP contribution is 2.36. The highest BCUT2D eigenvalue weighted by Gasteiger charge is 2.37. The van der Waals surface area contributed by atoms with E-state index in [0.29, 0.717) is 5.70 Å². The molecule has 1 amide bonds. The minimum atomic E-state index is -0.973. The van der Waals surface area contributed by atoms with Crippen LogP contribution in [0.1, 0.15) is 19.4 Å². The summed E-state index contributed by atoms with van der Waals surface area (Å²) in [6.45, 7) is 3.33. The van der Waals surface area contributed by atoms with Crippen molar-refractivity contribution in [2.75, 3.05) is 7.11 Å². The second kappa shape index (κ2) is 6.05. The highest BCUT2D eigenvalue weighted by molar-refractivity contribution is 5.85. The van der Waals surface area contributed by atoms with Crippen molar-refractivity contribution in [1.29, 1.82) is 0 Å². The van der Waals surface area contributed by atoms with Crippen LogP contribution in [0.3, 0.4) is 0 Å². The Morgan fingerprint density at radius 1 is 1.23 bits per heavy atom. The fraction of sp³-hybridized carbons (Fsp3) is 0.294. The summed E-state index contributed by atoms with van der Waals surface area (Å²) in [6.07, 6.45) is 4.56. The summed E-state index contributed by atoms with van der Waals surface area (Å²) >= 11 is 0. The fourth-order valence-electron chi connectivity index (χ4n) is 2.26. The number of amides is 1. The maximum atomic E-state index is 11.9. The fourth-order valence-corrected chi connectivity index (χ4v) is 2.26. The summed E-state index contributed by atoms with van der Waals surface area (Å²) in [4.78, 5) is 24.8. The Hall–Kier alpha value is -2.56. The molecule has 1 unspecified atom stereocenters. The summed E-state index contributed by atoms with van der Waals surface area (Å²) < 4.78 is 4.79. The molecule has 0 fully saturated rings. The zero-order valence-corrected chi connectivity index (χ0v) is 12.8. The summed E-state index contributed by atoms with van der Waals surface area (Å²) in [5.74, 6) is -1.22. The van der Waals surface area contributed by atoms with Crippen LogP contribution < -0.4 is 0 Å². The molecule has 0 radical (unpaired) electrons. The number of allylic oxidation sites excluding steroid dienone is 2. The van der Waals surface area contributed by atoms with Crippen LogP contribution in [-0.2, 0) is 9.53 Å². The number of hydrogen-bond donors (Lipinski definition) is 1. The van der Waals surface area contributed by atoms with Gasteiger partial charge in [0.05, 0.1) is 18.2 Å². The van der Waals surface area contributed by atoms with Gasteiger partial charge in [-0.2, -0.15) is 0 Å². The molecule has 0 aliphatic carbocycles. The standard InChI is InChI=1S/C17H19NO4/c1-17(2,15(19)20)13-9-10-18(16(21)22-3)14(11-13)12-7-5-4-6-8-12/h4-11,13H,1-3H3,(H,19,20). The van der Waals surface area contributed by atoms with Crippen LogP contribution in [0.5, 0.6) is 0 Å². The van der Waals surface area contributed by atoms with Crippen molar-refractivity contribution >= 4 is 17.8 Å². The van der Waals surface area contributed by atoms with Crippen LogP contribution in [0, 0.1) is 11.3 Å². The van der Waals surface area contributed by atoms with Gasteiger partial charge in [-0.15, -0.1) is 0 Å². The van der Waals surface area contributed by atoms with Crippen LogP contribution in [0.25, 0.3) is 5.70 Å². The molecule has 5 nitrogen and oxygen atoms in total. The molecule has 1 heterocycles. The van der Waals surface area contributed by atoms with E-state index in [9.17, 15) is 14.7 Å². The first-order valence-electron chi connectivity index (χ1n) is 6.94. The molecule has 0 saturated heterocycles. The summed E-state index contributed by atoms with van der Waals surface area (Å²) in [7, 11) is 1.31. The Morgan fingerprint density at radius 3 is 2.41 bits per heavy atom. The quantitative estimate of drug-likeness (QED) is 0.929. The maximum Gasteiger partial charge on any atom is 0.418 e. The lowest BCUT2D eigenvalue weighted by atomic mass is 9.77. The molecule has 0 aromatic heterocycles. The van der Waals surface area contributed by atoms with E-state index in [1.807, 2.05) is 30.3 Å². The average Bonchev–Trinajstić information content (AvgIpc) is 2.54. The third kappa shape index (κ3) is 2.88. The van der Waals surface area contributed by atoms with Gasteiger partial charge in [0.15, 0.2) is 0 Å². The molecule has 116 valence electrons. The van der Waals surface area contributed by atoms with Crippen molar-refractivity contribution in [3.8, 4) is 0 Å². The van der Waals surface area contributed by atoms with Gasteiger partial charge in [-0.25, -0.2) is 4.79 Å². The minimum Gasteiger partial charge on any atom is -0.481 e. The van der Waals surface area contributed by atoms with Crippen LogP contribution in [0.4, 0.5) is 4.79 Å². The van der Waals surface area contributed by atoms with Crippen molar-refractivity contribution < 1.29 is 19.4 Å². The van der Waals surface area contributed by atoms with Crippen LogP contribution in [-0.4, -0.2) is 29.2 Å². The van der Waals surface area contributed by atoms with Crippen LogP contribution in [0.15, 0.2) is 48.7 Å². The summed E-state index contributed by atoms with van der Waals surface area (Å²) in [5.41, 5.74) is 0.469. The highest BCUT2D eigenvalue weighted by atomic mass is 16.5. The monoisotopic (exact) mass is 301 g/mol. The van der Waals surface area contributed by atoms with E-state index >= 15 is 0 Å². The summed E-state index contributed by atoms with van der Waals surface area (Å²) in [6, 6.07) is 9.34. The number of carbonyl (C=O) groups excluding carboxylic acids is 1. The van der Waals surface area contributed by atoms with Gasteiger partial charge in [-0.05, 0) is 19.4 Å². The lowest BCUT2D eigenvalue weighted by Gasteiger charge is -2.32. The topological polar surface area (TPSA) is 66.8 Å². The second-order valence-corrected chi connectivity index (χ2v) is 5.65. The zero-order valence-electron chi connectivity index (χ0n) is 12.8. The van der Waals surface area contributed by atoms with Gasteiger partial charge in [0.2, 0.25) is 0 Å². The van der Waals surface area contributed by atoms with Gasteiger partial charge in [0.25, 0.3) is 0 Å². The van der Waals surface area contributed by atoms with E-state index in [1.54, 1.807) is 32.2 Å². The number of benzene rings is 1. The van der Waals surface area contributed by atoms with Crippen molar-refractivity contribution in [2.24, 2.45) is 11.3 Å². The number of carbonyl (C=O) groups is 2. The van der Waals surface area contributed by atoms with Gasteiger partial charge in [-0.1, -0.05) is 42.5 Å². The van der Waals surface area contributed by atoms with E-state index < -0.39 is 17.5 Å².